The van der Waals surface area contributed by atoms with Crippen LogP contribution in [0.2, 0.25) is 0 Å². The molecule has 2 heterocycles. The highest BCUT2D eigenvalue weighted by Crippen LogP contribution is 2.33. The average Bonchev–Trinajstić information content (AvgIpc) is 3.29. The number of hydrogen-bond acceptors (Lipinski definition) is 5. The van der Waals surface area contributed by atoms with E-state index in [2.05, 4.69) is 26.1 Å². The topological polar surface area (TPSA) is 68.5 Å². The van der Waals surface area contributed by atoms with E-state index in [0.29, 0.717) is 23.9 Å². The third-order valence-electron chi connectivity index (χ3n) is 4.47. The third kappa shape index (κ3) is 3.44. The molecule has 1 aromatic heterocycles. The van der Waals surface area contributed by atoms with Gasteiger partial charge in [-0.1, -0.05) is 21.1 Å². The van der Waals surface area contributed by atoms with E-state index in [1.54, 1.807) is 6.07 Å². The largest absolute Gasteiger partial charge is 0.494 e. The first-order valence-corrected chi connectivity index (χ1v) is 9.08. The predicted molar refractivity (Wildman–Crippen MR) is 100 cm³/mol. The minimum absolute atomic E-state index is 0.118. The lowest BCUT2D eigenvalue weighted by molar-refractivity contribution is -0.117. The molecule has 0 saturated carbocycles. The van der Waals surface area contributed by atoms with E-state index in [-0.39, 0.29) is 24.0 Å². The number of nitrogens with zero attached hydrogens (tertiary/aromatic N) is 3. The van der Waals surface area contributed by atoms with Crippen molar-refractivity contribution in [1.82, 2.24) is 10.1 Å². The van der Waals surface area contributed by atoms with E-state index in [4.69, 9.17) is 9.26 Å². The molecule has 8 heteroatoms. The standard InChI is InChI=1S/C19H15BrFN3O3/c1-26-16-7-6-14(9-15(16)21)24-10-12(8-17(24)25)19-22-18(23-27-19)11-2-4-13(20)5-3-11/h2-7,9,12H,8,10H2,1H3. The van der Waals surface area contributed by atoms with Gasteiger partial charge in [-0.25, -0.2) is 4.39 Å². The predicted octanol–water partition coefficient (Wildman–Crippen LogP) is 4.17. The van der Waals surface area contributed by atoms with Crippen LogP contribution in [0.3, 0.4) is 0 Å². The van der Waals surface area contributed by atoms with Crippen LogP contribution in [0.25, 0.3) is 11.4 Å². The van der Waals surface area contributed by atoms with Crippen LogP contribution in [-0.4, -0.2) is 29.7 Å². The summed E-state index contributed by atoms with van der Waals surface area (Å²) in [4.78, 5) is 18.4. The van der Waals surface area contributed by atoms with Gasteiger partial charge in [0.1, 0.15) is 0 Å². The van der Waals surface area contributed by atoms with E-state index in [0.717, 1.165) is 10.0 Å². The zero-order valence-electron chi connectivity index (χ0n) is 14.4. The molecular formula is C19H15BrFN3O3. The van der Waals surface area contributed by atoms with E-state index in [1.165, 1.54) is 24.1 Å². The van der Waals surface area contributed by atoms with E-state index in [9.17, 15) is 9.18 Å². The maximum absolute atomic E-state index is 14.0. The molecule has 1 atom stereocenters. The molecule has 1 amide bonds. The first-order chi connectivity index (χ1) is 13.0. The number of rotatable bonds is 4. The number of halogens is 2. The van der Waals surface area contributed by atoms with Crippen molar-refractivity contribution in [2.24, 2.45) is 0 Å². The van der Waals surface area contributed by atoms with Crippen molar-refractivity contribution in [1.29, 1.82) is 0 Å². The molecule has 6 nitrogen and oxygen atoms in total. The Morgan fingerprint density at radius 1 is 1.26 bits per heavy atom. The second-order valence-corrected chi connectivity index (χ2v) is 7.10. The van der Waals surface area contributed by atoms with Crippen LogP contribution >= 0.6 is 15.9 Å². The number of methoxy groups -OCH3 is 1. The van der Waals surface area contributed by atoms with Crippen LogP contribution in [-0.2, 0) is 4.79 Å². The molecule has 138 valence electrons. The summed E-state index contributed by atoms with van der Waals surface area (Å²) in [5, 5.41) is 4.01. The van der Waals surface area contributed by atoms with Crippen molar-refractivity contribution in [2.45, 2.75) is 12.3 Å². The molecule has 1 aliphatic heterocycles. The van der Waals surface area contributed by atoms with Crippen molar-refractivity contribution in [2.75, 3.05) is 18.6 Å². The van der Waals surface area contributed by atoms with Crippen molar-refractivity contribution < 1.29 is 18.4 Å². The Bertz CT molecular complexity index is 990. The van der Waals surface area contributed by atoms with E-state index >= 15 is 0 Å². The van der Waals surface area contributed by atoms with E-state index < -0.39 is 5.82 Å². The average molecular weight is 432 g/mol. The summed E-state index contributed by atoms with van der Waals surface area (Å²) < 4.78 is 25.2. The number of carbonyl (C=O) groups excluding carboxylic acids is 1. The first-order valence-electron chi connectivity index (χ1n) is 8.28. The Hall–Kier alpha value is -2.74. The molecule has 1 unspecified atom stereocenters. The number of anilines is 1. The monoisotopic (exact) mass is 431 g/mol. The first kappa shape index (κ1) is 17.7. The lowest BCUT2D eigenvalue weighted by atomic mass is 10.1. The summed E-state index contributed by atoms with van der Waals surface area (Å²) in [5.41, 5.74) is 1.31. The lowest BCUT2D eigenvalue weighted by Crippen LogP contribution is -2.24. The van der Waals surface area contributed by atoms with Gasteiger partial charge in [0.25, 0.3) is 0 Å². The number of ether oxygens (including phenoxy) is 1. The molecule has 1 saturated heterocycles. The van der Waals surface area contributed by atoms with Gasteiger partial charge in [-0.15, -0.1) is 0 Å². The Kier molecular flexibility index (Phi) is 4.65. The zero-order valence-corrected chi connectivity index (χ0v) is 15.9. The Balaban J connectivity index is 1.54. The van der Waals surface area contributed by atoms with E-state index in [1.807, 2.05) is 24.3 Å². The lowest BCUT2D eigenvalue weighted by Gasteiger charge is -2.16. The normalized spacial score (nSPS) is 16.8. The minimum atomic E-state index is -0.512. The fraction of sp³-hybridized carbons (Fsp3) is 0.211. The van der Waals surface area contributed by atoms with Gasteiger partial charge in [0.05, 0.1) is 13.0 Å². The highest BCUT2D eigenvalue weighted by atomic mass is 79.9. The molecule has 0 N–H and O–H groups in total. The maximum Gasteiger partial charge on any atom is 0.232 e. The molecule has 0 bridgehead atoms. The van der Waals surface area contributed by atoms with Crippen LogP contribution in [0, 0.1) is 5.82 Å². The molecule has 4 rings (SSSR count). The molecule has 2 aromatic carbocycles. The molecule has 0 radical (unpaired) electrons. The Morgan fingerprint density at radius 3 is 2.74 bits per heavy atom. The van der Waals surface area contributed by atoms with Crippen LogP contribution in [0.1, 0.15) is 18.2 Å². The van der Waals surface area contributed by atoms with Gasteiger partial charge in [-0.05, 0) is 36.4 Å². The van der Waals surface area contributed by atoms with Crippen LogP contribution in [0.5, 0.6) is 5.75 Å². The van der Waals surface area contributed by atoms with Crippen molar-refractivity contribution in [3.63, 3.8) is 0 Å². The molecule has 0 spiro atoms. The van der Waals surface area contributed by atoms with Crippen molar-refractivity contribution in [3.8, 4) is 17.1 Å². The molecule has 3 aromatic rings. The van der Waals surface area contributed by atoms with Crippen LogP contribution < -0.4 is 9.64 Å². The molecular weight excluding hydrogens is 417 g/mol. The number of benzene rings is 2. The number of aromatic nitrogens is 2. The SMILES string of the molecule is COc1ccc(N2CC(c3nc(-c4ccc(Br)cc4)no3)CC2=O)cc1F. The molecule has 0 aliphatic carbocycles. The molecule has 1 fully saturated rings. The maximum atomic E-state index is 14.0. The second-order valence-electron chi connectivity index (χ2n) is 6.19. The number of carbonyl (C=O) groups is 1. The van der Waals surface area contributed by atoms with Gasteiger partial charge in [0, 0.05) is 34.8 Å². The summed E-state index contributed by atoms with van der Waals surface area (Å²) in [6.45, 7) is 0.354. The third-order valence-corrected chi connectivity index (χ3v) is 4.99. The quantitative estimate of drug-likeness (QED) is 0.619. The summed E-state index contributed by atoms with van der Waals surface area (Å²) in [7, 11) is 1.40. The second kappa shape index (κ2) is 7.11. The Morgan fingerprint density at radius 2 is 2.04 bits per heavy atom. The number of amides is 1. The van der Waals surface area contributed by atoms with Gasteiger partial charge >= 0.3 is 0 Å². The Labute approximate surface area is 163 Å². The fourth-order valence-electron chi connectivity index (χ4n) is 3.06. The summed E-state index contributed by atoms with van der Waals surface area (Å²) in [6.07, 6.45) is 0.232. The summed E-state index contributed by atoms with van der Waals surface area (Å²) in [5.74, 6) is 0.142. The summed E-state index contributed by atoms with van der Waals surface area (Å²) in [6, 6.07) is 12.0. The van der Waals surface area contributed by atoms with Gasteiger partial charge in [0.15, 0.2) is 11.6 Å². The highest BCUT2D eigenvalue weighted by Gasteiger charge is 2.35. The minimum Gasteiger partial charge on any atom is -0.494 e. The van der Waals surface area contributed by atoms with Crippen LogP contribution in [0.4, 0.5) is 10.1 Å². The highest BCUT2D eigenvalue weighted by molar-refractivity contribution is 9.10. The number of hydrogen-bond donors (Lipinski definition) is 0. The van der Waals surface area contributed by atoms with Crippen molar-refractivity contribution >= 4 is 27.5 Å². The molecule has 1 aliphatic rings. The van der Waals surface area contributed by atoms with Crippen LogP contribution in [0.15, 0.2) is 51.5 Å². The van der Waals surface area contributed by atoms with Gasteiger partial charge in [0.2, 0.25) is 17.6 Å². The van der Waals surface area contributed by atoms with Gasteiger partial charge < -0.3 is 14.2 Å². The summed E-state index contributed by atoms with van der Waals surface area (Å²) >= 11 is 3.38. The zero-order chi connectivity index (χ0) is 19.0. The smallest absolute Gasteiger partial charge is 0.232 e. The van der Waals surface area contributed by atoms with Gasteiger partial charge in [-0.2, -0.15) is 4.98 Å². The van der Waals surface area contributed by atoms with Gasteiger partial charge in [-0.3, -0.25) is 4.79 Å². The molecule has 27 heavy (non-hydrogen) atoms. The fourth-order valence-corrected chi connectivity index (χ4v) is 3.33. The van der Waals surface area contributed by atoms with Crippen molar-refractivity contribution in [3.05, 3.63) is 58.6 Å².